The molecule has 0 saturated carbocycles. The lowest BCUT2D eigenvalue weighted by atomic mass is 9.95. The Morgan fingerprint density at radius 3 is 1.40 bits per heavy atom. The van der Waals surface area contributed by atoms with Crippen molar-refractivity contribution in [3.05, 3.63) is 185 Å². The zero-order valence-corrected chi connectivity index (χ0v) is 33.4. The zero-order chi connectivity index (χ0) is 44.9. The van der Waals surface area contributed by atoms with Gasteiger partial charge in [-0.25, -0.2) is 9.59 Å². The van der Waals surface area contributed by atoms with Crippen LogP contribution in [0.25, 0.3) is 0 Å². The highest BCUT2D eigenvalue weighted by Gasteiger charge is 2.25. The summed E-state index contributed by atoms with van der Waals surface area (Å²) in [6, 6.07) is 26.4. The molecule has 5 aromatic carbocycles. The van der Waals surface area contributed by atoms with E-state index in [4.69, 9.17) is 9.47 Å². The molecule has 15 heteroatoms. The van der Waals surface area contributed by atoms with E-state index in [-0.39, 0.29) is 50.5 Å². The van der Waals surface area contributed by atoms with Crippen LogP contribution in [0.15, 0.2) is 135 Å². The number of esters is 2. The van der Waals surface area contributed by atoms with Gasteiger partial charge in [-0.2, -0.15) is 0 Å². The summed E-state index contributed by atoms with van der Waals surface area (Å²) in [6.07, 6.45) is 1.92. The average Bonchev–Trinajstić information content (AvgIpc) is 3.29. The molecule has 0 unspecified atom stereocenters. The molecule has 5 rings (SSSR count). The Labute approximate surface area is 354 Å². The third-order valence-corrected chi connectivity index (χ3v) is 8.93. The SMILES string of the molecule is C=CC(=O)COC(=O)c1ccc(C(=O)c2ccc(C(=O)OCC(=O)C=C)c(C(=O)Nc3cccc(C(=O)Nc4ccc(NC(=O)c5cccc(C)c5)cc4)c3)c2)cc1C(=O)NC. The number of benzene rings is 5. The lowest BCUT2D eigenvalue weighted by Crippen LogP contribution is -2.23. The van der Waals surface area contributed by atoms with Crippen molar-refractivity contribution in [2.24, 2.45) is 0 Å². The first-order valence-electron chi connectivity index (χ1n) is 18.6. The minimum atomic E-state index is -1.07. The van der Waals surface area contributed by atoms with Crippen molar-refractivity contribution in [1.29, 1.82) is 0 Å². The highest BCUT2D eigenvalue weighted by atomic mass is 16.5. The summed E-state index contributed by atoms with van der Waals surface area (Å²) in [4.78, 5) is 116. The van der Waals surface area contributed by atoms with Gasteiger partial charge < -0.3 is 30.7 Å². The monoisotopic (exact) mass is 834 g/mol. The second kappa shape index (κ2) is 20.4. The second-order valence-corrected chi connectivity index (χ2v) is 13.3. The minimum absolute atomic E-state index is 0.0963. The van der Waals surface area contributed by atoms with Crippen molar-refractivity contribution in [2.75, 3.05) is 36.2 Å². The standard InChI is InChI=1S/C47H38N4O11/c1-5-35(52)25-61-46(59)37-19-13-28(23-39(37)44(57)48-4)41(54)29-14-20-38(47(60)62-26-36(53)6-2)40(24-29)45(58)51-34-12-8-11-31(22-34)43(56)50-33-17-15-32(16-18-33)49-42(55)30-10-7-9-27(3)21-30/h5-24H,1-2,25-26H2,3-4H3,(H,48,57)(H,49,55)(H,50,56)(H,51,58). The first-order valence-corrected chi connectivity index (χ1v) is 18.6. The maximum absolute atomic E-state index is 13.9. The van der Waals surface area contributed by atoms with Crippen molar-refractivity contribution < 1.29 is 52.6 Å². The number of rotatable bonds is 17. The zero-order valence-electron chi connectivity index (χ0n) is 33.4. The van der Waals surface area contributed by atoms with E-state index in [0.717, 1.165) is 35.9 Å². The highest BCUT2D eigenvalue weighted by Crippen LogP contribution is 2.23. The van der Waals surface area contributed by atoms with Crippen LogP contribution in [0.1, 0.15) is 83.6 Å². The first-order chi connectivity index (χ1) is 29.7. The van der Waals surface area contributed by atoms with Gasteiger partial charge >= 0.3 is 11.9 Å². The molecule has 15 nitrogen and oxygen atoms in total. The van der Waals surface area contributed by atoms with E-state index in [1.807, 2.05) is 13.0 Å². The smallest absolute Gasteiger partial charge is 0.339 e. The van der Waals surface area contributed by atoms with Gasteiger partial charge in [-0.1, -0.05) is 49.1 Å². The first kappa shape index (κ1) is 44.5. The predicted molar refractivity (Wildman–Crippen MR) is 229 cm³/mol. The lowest BCUT2D eigenvalue weighted by molar-refractivity contribution is -0.118. The number of hydrogen-bond donors (Lipinski definition) is 4. The molecule has 0 atom stereocenters. The van der Waals surface area contributed by atoms with E-state index >= 15 is 0 Å². The molecule has 0 aliphatic carbocycles. The molecule has 0 aromatic heterocycles. The molecule has 0 saturated heterocycles. The Bertz CT molecular complexity index is 2670. The Morgan fingerprint density at radius 2 is 0.935 bits per heavy atom. The fourth-order valence-electron chi connectivity index (χ4n) is 5.72. The van der Waals surface area contributed by atoms with Crippen LogP contribution in [-0.2, 0) is 19.1 Å². The number of anilines is 3. The Kier molecular flexibility index (Phi) is 14.6. The number of ketones is 3. The van der Waals surface area contributed by atoms with Gasteiger partial charge in [0.25, 0.3) is 23.6 Å². The molecule has 62 heavy (non-hydrogen) atoms. The summed E-state index contributed by atoms with van der Waals surface area (Å²) in [5.74, 6) is -6.48. The van der Waals surface area contributed by atoms with Gasteiger partial charge in [0.2, 0.25) is 0 Å². The Hall–Kier alpha value is -8.59. The molecule has 0 aliphatic heterocycles. The number of amides is 4. The average molecular weight is 835 g/mol. The van der Waals surface area contributed by atoms with Gasteiger partial charge in [0.1, 0.15) is 0 Å². The predicted octanol–water partition coefficient (Wildman–Crippen LogP) is 6.17. The third kappa shape index (κ3) is 11.3. The fraction of sp³-hybridized carbons (Fsp3) is 0.0851. The van der Waals surface area contributed by atoms with E-state index in [1.54, 1.807) is 42.5 Å². The maximum atomic E-state index is 13.9. The molecule has 0 aliphatic rings. The second-order valence-electron chi connectivity index (χ2n) is 13.3. The van der Waals surface area contributed by atoms with E-state index in [1.165, 1.54) is 49.5 Å². The summed E-state index contributed by atoms with van der Waals surface area (Å²) in [6.45, 7) is 7.23. The third-order valence-electron chi connectivity index (χ3n) is 8.93. The van der Waals surface area contributed by atoms with Crippen LogP contribution >= 0.6 is 0 Å². The number of carbonyl (C=O) groups excluding carboxylic acids is 9. The summed E-state index contributed by atoms with van der Waals surface area (Å²) >= 11 is 0. The minimum Gasteiger partial charge on any atom is -0.454 e. The molecule has 0 fully saturated rings. The lowest BCUT2D eigenvalue weighted by Gasteiger charge is -2.13. The van der Waals surface area contributed by atoms with E-state index < -0.39 is 60.2 Å². The number of carbonyl (C=O) groups is 9. The molecular weight excluding hydrogens is 797 g/mol. The molecule has 312 valence electrons. The maximum Gasteiger partial charge on any atom is 0.339 e. The van der Waals surface area contributed by atoms with Crippen molar-refractivity contribution in [1.82, 2.24) is 5.32 Å². The van der Waals surface area contributed by atoms with Gasteiger partial charge in [0.05, 0.1) is 22.3 Å². The van der Waals surface area contributed by atoms with Crippen LogP contribution in [0.5, 0.6) is 0 Å². The number of aryl methyl sites for hydroxylation is 1. The summed E-state index contributed by atoms with van der Waals surface area (Å²) < 4.78 is 10.1. The van der Waals surface area contributed by atoms with Crippen LogP contribution in [0.2, 0.25) is 0 Å². The van der Waals surface area contributed by atoms with E-state index in [2.05, 4.69) is 34.4 Å². The van der Waals surface area contributed by atoms with Crippen LogP contribution in [0.4, 0.5) is 17.1 Å². The summed E-state index contributed by atoms with van der Waals surface area (Å²) in [7, 11) is 1.30. The van der Waals surface area contributed by atoms with Crippen LogP contribution < -0.4 is 21.3 Å². The van der Waals surface area contributed by atoms with Crippen LogP contribution in [0, 0.1) is 6.92 Å². The van der Waals surface area contributed by atoms with E-state index in [9.17, 15) is 43.2 Å². The fourth-order valence-corrected chi connectivity index (χ4v) is 5.72. The van der Waals surface area contributed by atoms with Gasteiger partial charge in [0.15, 0.2) is 30.6 Å². The topological polar surface area (TPSA) is 220 Å². The van der Waals surface area contributed by atoms with Gasteiger partial charge in [-0.3, -0.25) is 33.6 Å². The van der Waals surface area contributed by atoms with Crippen LogP contribution in [-0.4, -0.2) is 73.2 Å². The van der Waals surface area contributed by atoms with Crippen LogP contribution in [0.3, 0.4) is 0 Å². The van der Waals surface area contributed by atoms with Crippen molar-refractivity contribution in [3.63, 3.8) is 0 Å². The number of ether oxygens (including phenoxy) is 2. The molecule has 0 radical (unpaired) electrons. The molecular formula is C47H38N4O11. The Balaban J connectivity index is 1.37. The Morgan fingerprint density at radius 1 is 0.484 bits per heavy atom. The molecule has 0 spiro atoms. The van der Waals surface area contributed by atoms with Gasteiger partial charge in [0, 0.05) is 46.4 Å². The number of hydrogen-bond acceptors (Lipinski definition) is 11. The van der Waals surface area contributed by atoms with Gasteiger partial charge in [-0.05, 0) is 97.9 Å². The van der Waals surface area contributed by atoms with Gasteiger partial charge in [-0.15, -0.1) is 0 Å². The quantitative estimate of drug-likeness (QED) is 0.0472. The molecule has 5 aromatic rings. The number of nitrogens with one attached hydrogen (secondary N) is 4. The van der Waals surface area contributed by atoms with E-state index in [0.29, 0.717) is 16.9 Å². The normalized spacial score (nSPS) is 10.3. The van der Waals surface area contributed by atoms with Crippen molar-refractivity contribution >= 4 is 70.0 Å². The molecule has 0 heterocycles. The largest absolute Gasteiger partial charge is 0.454 e. The highest BCUT2D eigenvalue weighted by molar-refractivity contribution is 6.17. The molecule has 4 amide bonds. The summed E-state index contributed by atoms with van der Waals surface area (Å²) in [5.41, 5.74) is 1.23. The van der Waals surface area contributed by atoms with Crippen molar-refractivity contribution in [2.45, 2.75) is 6.92 Å². The summed E-state index contributed by atoms with van der Waals surface area (Å²) in [5, 5.41) is 10.5. The van der Waals surface area contributed by atoms with Crippen molar-refractivity contribution in [3.8, 4) is 0 Å². The molecule has 0 bridgehead atoms. The molecule has 4 N–H and O–H groups in total.